The predicted molar refractivity (Wildman–Crippen MR) is 52.3 cm³/mol. The average Bonchev–Trinajstić information content (AvgIpc) is 2.51. The summed E-state index contributed by atoms with van der Waals surface area (Å²) in [5.74, 6) is 1.01. The Hall–Kier alpha value is -1.13. The van der Waals surface area contributed by atoms with E-state index in [4.69, 9.17) is 27.6 Å². The maximum absolute atomic E-state index is 5.85. The molecule has 2 aromatic rings. The fourth-order valence-electron chi connectivity index (χ4n) is 1.02. The molecule has 0 atom stereocenters. The van der Waals surface area contributed by atoms with Gasteiger partial charge in [-0.15, -0.1) is 0 Å². The minimum atomic E-state index is 0.251. The molecule has 0 amide bonds. The second-order valence-corrected chi connectivity index (χ2v) is 3.29. The van der Waals surface area contributed by atoms with Crippen LogP contribution in [-0.4, -0.2) is 15.0 Å². The molecule has 4 nitrogen and oxygen atoms in total. The quantitative estimate of drug-likeness (QED) is 0.706. The van der Waals surface area contributed by atoms with Gasteiger partial charge in [-0.25, -0.2) is 15.0 Å². The molecule has 2 rings (SSSR count). The van der Waals surface area contributed by atoms with Crippen LogP contribution in [0.15, 0.2) is 16.9 Å². The maximum Gasteiger partial charge on any atom is 0.191 e. The van der Waals surface area contributed by atoms with Gasteiger partial charge in [0.05, 0.1) is 11.8 Å². The highest BCUT2D eigenvalue weighted by Gasteiger charge is 2.14. The zero-order valence-electron chi connectivity index (χ0n) is 7.16. The molecule has 72 valence electrons. The summed E-state index contributed by atoms with van der Waals surface area (Å²) in [5.41, 5.74) is 0.469. The van der Waals surface area contributed by atoms with Gasteiger partial charge in [0.1, 0.15) is 16.6 Å². The first-order chi connectivity index (χ1) is 6.68. The lowest BCUT2D eigenvalue weighted by Crippen LogP contribution is -1.86. The van der Waals surface area contributed by atoms with E-state index in [1.807, 2.05) is 0 Å². The largest absolute Gasteiger partial charge is 0.441 e. The third kappa shape index (κ3) is 1.58. The number of hydrogen-bond donors (Lipinski definition) is 0. The van der Waals surface area contributed by atoms with Gasteiger partial charge in [0.15, 0.2) is 11.7 Å². The third-order valence-corrected chi connectivity index (χ3v) is 2.20. The Balaban J connectivity index is 2.61. The summed E-state index contributed by atoms with van der Waals surface area (Å²) < 4.78 is 5.27. The van der Waals surface area contributed by atoms with Gasteiger partial charge in [-0.2, -0.15) is 0 Å². The van der Waals surface area contributed by atoms with E-state index in [0.717, 1.165) is 0 Å². The summed E-state index contributed by atoms with van der Waals surface area (Å²) in [4.78, 5) is 11.6. The van der Waals surface area contributed by atoms with Crippen molar-refractivity contribution in [1.82, 2.24) is 15.0 Å². The molecular formula is C8H5Cl2N3O. The van der Waals surface area contributed by atoms with Crippen LogP contribution < -0.4 is 0 Å². The van der Waals surface area contributed by atoms with Crippen molar-refractivity contribution in [3.8, 4) is 11.3 Å². The van der Waals surface area contributed by atoms with Crippen LogP contribution in [0.25, 0.3) is 11.3 Å². The second kappa shape index (κ2) is 3.55. The number of halogens is 2. The predicted octanol–water partition coefficient (Wildman–Crippen LogP) is 2.75. The van der Waals surface area contributed by atoms with E-state index in [-0.39, 0.29) is 10.3 Å². The first-order valence-electron chi connectivity index (χ1n) is 3.77. The van der Waals surface area contributed by atoms with Gasteiger partial charge in [-0.3, -0.25) is 0 Å². The summed E-state index contributed by atoms with van der Waals surface area (Å²) in [6, 6.07) is 0. The Labute approximate surface area is 89.9 Å². The molecule has 2 heterocycles. The Morgan fingerprint density at radius 2 is 1.79 bits per heavy atom. The molecule has 2 aromatic heterocycles. The summed E-state index contributed by atoms with van der Waals surface area (Å²) >= 11 is 11.7. The standard InChI is InChI=1S/C8H5Cl2N3O/c1-4-11-2-5(14-4)6-7(9)12-3-13-8(6)10/h2-3H,1H3. The molecule has 6 heteroatoms. The van der Waals surface area contributed by atoms with Crippen molar-refractivity contribution in [2.24, 2.45) is 0 Å². The molecule has 0 radical (unpaired) electrons. The molecule has 0 aliphatic rings. The maximum atomic E-state index is 5.85. The van der Waals surface area contributed by atoms with Crippen LogP contribution in [0.2, 0.25) is 10.3 Å². The number of oxazole rings is 1. The molecule has 0 N–H and O–H groups in total. The number of hydrogen-bond acceptors (Lipinski definition) is 4. The molecule has 0 saturated carbocycles. The van der Waals surface area contributed by atoms with Crippen molar-refractivity contribution in [1.29, 1.82) is 0 Å². The van der Waals surface area contributed by atoms with Gasteiger partial charge >= 0.3 is 0 Å². The molecule has 0 bridgehead atoms. The highest BCUT2D eigenvalue weighted by atomic mass is 35.5. The molecule has 0 unspecified atom stereocenters. The zero-order valence-corrected chi connectivity index (χ0v) is 8.67. The number of aryl methyl sites for hydroxylation is 1. The Bertz CT molecular complexity index is 449. The molecule has 0 fully saturated rings. The SMILES string of the molecule is Cc1ncc(-c2c(Cl)ncnc2Cl)o1. The lowest BCUT2D eigenvalue weighted by atomic mass is 10.3. The minimum absolute atomic E-state index is 0.251. The molecule has 0 aromatic carbocycles. The van der Waals surface area contributed by atoms with Gasteiger partial charge in [0, 0.05) is 6.92 Å². The highest BCUT2D eigenvalue weighted by molar-refractivity contribution is 6.37. The molecule has 14 heavy (non-hydrogen) atoms. The van der Waals surface area contributed by atoms with Crippen molar-refractivity contribution in [3.63, 3.8) is 0 Å². The molecular weight excluding hydrogens is 225 g/mol. The third-order valence-electron chi connectivity index (χ3n) is 1.62. The average molecular weight is 230 g/mol. The van der Waals surface area contributed by atoms with Crippen LogP contribution in [0.1, 0.15) is 5.89 Å². The lowest BCUT2D eigenvalue weighted by Gasteiger charge is -1.99. The molecule has 0 saturated heterocycles. The van der Waals surface area contributed by atoms with Crippen LogP contribution >= 0.6 is 23.2 Å². The van der Waals surface area contributed by atoms with E-state index in [1.54, 1.807) is 6.92 Å². The summed E-state index contributed by atoms with van der Waals surface area (Å²) in [5, 5.41) is 0.502. The van der Waals surface area contributed by atoms with Gasteiger partial charge in [0.2, 0.25) is 0 Å². The Morgan fingerprint density at radius 1 is 1.14 bits per heavy atom. The smallest absolute Gasteiger partial charge is 0.191 e. The summed E-state index contributed by atoms with van der Waals surface area (Å²) in [6.07, 6.45) is 2.82. The van der Waals surface area contributed by atoms with Gasteiger partial charge in [0.25, 0.3) is 0 Å². The van der Waals surface area contributed by atoms with Crippen molar-refractivity contribution < 1.29 is 4.42 Å². The van der Waals surface area contributed by atoms with Crippen LogP contribution in [0.4, 0.5) is 0 Å². The fourth-order valence-corrected chi connectivity index (χ4v) is 1.53. The zero-order chi connectivity index (χ0) is 10.1. The van der Waals surface area contributed by atoms with Crippen LogP contribution in [0, 0.1) is 6.92 Å². The molecule has 0 aliphatic heterocycles. The summed E-state index contributed by atoms with van der Waals surface area (Å²) in [7, 11) is 0. The van der Waals surface area contributed by atoms with Gasteiger partial charge in [-0.05, 0) is 0 Å². The first kappa shape index (κ1) is 9.43. The normalized spacial score (nSPS) is 10.5. The van der Waals surface area contributed by atoms with E-state index in [0.29, 0.717) is 17.2 Å². The van der Waals surface area contributed by atoms with Gasteiger partial charge < -0.3 is 4.42 Å². The number of nitrogens with zero attached hydrogens (tertiary/aromatic N) is 3. The van der Waals surface area contributed by atoms with E-state index in [1.165, 1.54) is 12.5 Å². The summed E-state index contributed by atoms with van der Waals surface area (Å²) in [6.45, 7) is 1.73. The molecule has 0 aliphatic carbocycles. The minimum Gasteiger partial charge on any atom is -0.441 e. The monoisotopic (exact) mass is 229 g/mol. The lowest BCUT2D eigenvalue weighted by molar-refractivity contribution is 0.534. The topological polar surface area (TPSA) is 51.8 Å². The van der Waals surface area contributed by atoms with E-state index in [2.05, 4.69) is 15.0 Å². The van der Waals surface area contributed by atoms with Crippen molar-refractivity contribution in [3.05, 3.63) is 28.7 Å². The van der Waals surface area contributed by atoms with E-state index in [9.17, 15) is 0 Å². The Morgan fingerprint density at radius 3 is 2.29 bits per heavy atom. The number of rotatable bonds is 1. The van der Waals surface area contributed by atoms with Crippen molar-refractivity contribution >= 4 is 23.2 Å². The highest BCUT2D eigenvalue weighted by Crippen LogP contribution is 2.31. The van der Waals surface area contributed by atoms with Crippen LogP contribution in [0.3, 0.4) is 0 Å². The van der Waals surface area contributed by atoms with E-state index >= 15 is 0 Å². The van der Waals surface area contributed by atoms with Crippen molar-refractivity contribution in [2.75, 3.05) is 0 Å². The fraction of sp³-hybridized carbons (Fsp3) is 0.125. The molecule has 0 spiro atoms. The van der Waals surface area contributed by atoms with Gasteiger partial charge in [-0.1, -0.05) is 23.2 Å². The number of aromatic nitrogens is 3. The Kier molecular flexibility index (Phi) is 2.39. The van der Waals surface area contributed by atoms with Crippen molar-refractivity contribution in [2.45, 2.75) is 6.92 Å². The van der Waals surface area contributed by atoms with Crippen LogP contribution in [-0.2, 0) is 0 Å². The second-order valence-electron chi connectivity index (χ2n) is 2.57. The van der Waals surface area contributed by atoms with Crippen LogP contribution in [0.5, 0.6) is 0 Å². The van der Waals surface area contributed by atoms with E-state index < -0.39 is 0 Å². The first-order valence-corrected chi connectivity index (χ1v) is 4.53.